The van der Waals surface area contributed by atoms with Crippen molar-refractivity contribution in [1.82, 2.24) is 4.90 Å². The number of carboxylic acid groups (broad SMARTS) is 1. The lowest BCUT2D eigenvalue weighted by atomic mass is 9.87. The van der Waals surface area contributed by atoms with Gasteiger partial charge in [0.2, 0.25) is 0 Å². The van der Waals surface area contributed by atoms with Gasteiger partial charge in [0.25, 0.3) is 0 Å². The Hall–Kier alpha value is -2.05. The van der Waals surface area contributed by atoms with Crippen molar-refractivity contribution in [3.8, 4) is 0 Å². The first kappa shape index (κ1) is 15.3. The molecule has 114 valence electrons. The van der Waals surface area contributed by atoms with E-state index in [1.165, 1.54) is 0 Å². The quantitative estimate of drug-likeness (QED) is 0.913. The normalized spacial score (nSPS) is 22.9. The predicted octanol–water partition coefficient (Wildman–Crippen LogP) is 2.61. The van der Waals surface area contributed by atoms with Gasteiger partial charge in [0, 0.05) is 6.54 Å². The molecular formula is C14H14F3NO3. The van der Waals surface area contributed by atoms with Gasteiger partial charge in [-0.25, -0.2) is 0 Å². The summed E-state index contributed by atoms with van der Waals surface area (Å²) in [5.41, 5.74) is 0.515. The number of hydrogen-bond donors (Lipinski definition) is 1. The number of likely N-dealkylation sites (tertiary alicyclic amines) is 1. The lowest BCUT2D eigenvalue weighted by Crippen LogP contribution is -2.48. The third-order valence-electron chi connectivity index (χ3n) is 3.64. The van der Waals surface area contributed by atoms with Crippen molar-refractivity contribution in [3.63, 3.8) is 0 Å². The zero-order chi connectivity index (χ0) is 15.6. The number of carbonyl (C=O) groups excluding carboxylic acids is 1. The van der Waals surface area contributed by atoms with Gasteiger partial charge in [-0.15, -0.1) is 0 Å². The van der Waals surface area contributed by atoms with Gasteiger partial charge in [-0.3, -0.25) is 9.59 Å². The number of aliphatic carboxylic acids is 1. The summed E-state index contributed by atoms with van der Waals surface area (Å²) >= 11 is 0. The van der Waals surface area contributed by atoms with E-state index in [0.29, 0.717) is 5.56 Å². The number of benzene rings is 1. The molecule has 21 heavy (non-hydrogen) atoms. The zero-order valence-corrected chi connectivity index (χ0v) is 11.0. The van der Waals surface area contributed by atoms with Crippen LogP contribution in [0, 0.1) is 5.92 Å². The smallest absolute Gasteiger partial charge is 0.471 e. The molecule has 0 unspecified atom stereocenters. The molecule has 7 heteroatoms. The molecule has 1 amide bonds. The fourth-order valence-corrected chi connectivity index (χ4v) is 2.59. The summed E-state index contributed by atoms with van der Waals surface area (Å²) in [7, 11) is 0. The Kier molecular flexibility index (Phi) is 4.20. The summed E-state index contributed by atoms with van der Waals surface area (Å²) < 4.78 is 38.0. The monoisotopic (exact) mass is 301 g/mol. The molecule has 1 aliphatic heterocycles. The highest BCUT2D eigenvalue weighted by Crippen LogP contribution is 2.36. The summed E-state index contributed by atoms with van der Waals surface area (Å²) in [4.78, 5) is 23.3. The summed E-state index contributed by atoms with van der Waals surface area (Å²) in [5, 5.41) is 9.06. The molecule has 1 fully saturated rings. The van der Waals surface area contributed by atoms with Crippen LogP contribution in [0.1, 0.15) is 24.4 Å². The van der Waals surface area contributed by atoms with Crippen LogP contribution in [0.5, 0.6) is 0 Å². The number of piperidine rings is 1. The van der Waals surface area contributed by atoms with Crippen molar-refractivity contribution < 1.29 is 27.9 Å². The van der Waals surface area contributed by atoms with E-state index >= 15 is 0 Å². The third kappa shape index (κ3) is 3.34. The molecule has 1 aliphatic rings. The van der Waals surface area contributed by atoms with Crippen molar-refractivity contribution in [3.05, 3.63) is 35.9 Å². The van der Waals surface area contributed by atoms with Crippen molar-refractivity contribution in [2.45, 2.75) is 25.1 Å². The molecule has 0 aromatic heterocycles. The van der Waals surface area contributed by atoms with E-state index in [0.717, 1.165) is 4.90 Å². The molecular weight excluding hydrogens is 287 g/mol. The maximum absolute atomic E-state index is 12.7. The molecule has 0 radical (unpaired) electrons. The number of hydrogen-bond acceptors (Lipinski definition) is 2. The minimum atomic E-state index is -4.96. The highest BCUT2D eigenvalue weighted by Gasteiger charge is 2.47. The second-order valence-corrected chi connectivity index (χ2v) is 4.98. The molecule has 0 saturated carbocycles. The minimum Gasteiger partial charge on any atom is -0.481 e. The average molecular weight is 301 g/mol. The predicted molar refractivity (Wildman–Crippen MR) is 67.3 cm³/mol. The lowest BCUT2D eigenvalue weighted by molar-refractivity contribution is -0.190. The molecule has 0 aliphatic carbocycles. The Morgan fingerprint density at radius 3 is 2.33 bits per heavy atom. The largest absolute Gasteiger partial charge is 0.481 e. The number of rotatable bonds is 2. The van der Waals surface area contributed by atoms with E-state index < -0.39 is 30.0 Å². The highest BCUT2D eigenvalue weighted by molar-refractivity contribution is 5.82. The SMILES string of the molecule is O=C(O)[C@@H]1CCN(C(=O)C(F)(F)F)[C@H](c2ccccc2)C1. The molecule has 2 rings (SSSR count). The van der Waals surface area contributed by atoms with Gasteiger partial charge < -0.3 is 10.0 Å². The molecule has 4 nitrogen and oxygen atoms in total. The Morgan fingerprint density at radius 2 is 1.81 bits per heavy atom. The second-order valence-electron chi connectivity index (χ2n) is 4.98. The number of halogens is 3. The van der Waals surface area contributed by atoms with Gasteiger partial charge in [-0.1, -0.05) is 30.3 Å². The summed E-state index contributed by atoms with van der Waals surface area (Å²) in [6.45, 7) is -0.213. The van der Waals surface area contributed by atoms with Crippen LogP contribution in [0.25, 0.3) is 0 Å². The van der Waals surface area contributed by atoms with Gasteiger partial charge in [0.05, 0.1) is 12.0 Å². The lowest BCUT2D eigenvalue weighted by Gasteiger charge is -2.38. The van der Waals surface area contributed by atoms with Crippen LogP contribution in [-0.2, 0) is 9.59 Å². The Labute approximate surface area is 119 Å². The van der Waals surface area contributed by atoms with E-state index in [1.807, 2.05) is 0 Å². The molecule has 1 heterocycles. The fourth-order valence-electron chi connectivity index (χ4n) is 2.59. The molecule has 1 aromatic carbocycles. The van der Waals surface area contributed by atoms with Gasteiger partial charge in [-0.05, 0) is 18.4 Å². The molecule has 2 atom stereocenters. The van der Waals surface area contributed by atoms with Gasteiger partial charge >= 0.3 is 18.1 Å². The van der Waals surface area contributed by atoms with Gasteiger partial charge in [-0.2, -0.15) is 13.2 Å². The number of nitrogens with zero attached hydrogens (tertiary/aromatic N) is 1. The van der Waals surface area contributed by atoms with Crippen LogP contribution in [0.2, 0.25) is 0 Å². The van der Waals surface area contributed by atoms with Crippen LogP contribution in [0.4, 0.5) is 13.2 Å². The third-order valence-corrected chi connectivity index (χ3v) is 3.64. The maximum Gasteiger partial charge on any atom is 0.471 e. The second kappa shape index (κ2) is 5.75. The van der Waals surface area contributed by atoms with E-state index in [2.05, 4.69) is 0 Å². The van der Waals surface area contributed by atoms with Crippen LogP contribution < -0.4 is 0 Å². The number of carboxylic acids is 1. The number of alkyl halides is 3. The first-order valence-corrected chi connectivity index (χ1v) is 6.46. The summed E-state index contributed by atoms with van der Waals surface area (Å²) in [6.07, 6.45) is -4.94. The van der Waals surface area contributed by atoms with Crippen LogP contribution >= 0.6 is 0 Å². The van der Waals surface area contributed by atoms with E-state index in [4.69, 9.17) is 5.11 Å². The van der Waals surface area contributed by atoms with E-state index in [9.17, 15) is 22.8 Å². The number of carbonyl (C=O) groups is 2. The van der Waals surface area contributed by atoms with E-state index in [1.54, 1.807) is 30.3 Å². The first-order valence-electron chi connectivity index (χ1n) is 6.46. The van der Waals surface area contributed by atoms with Crippen molar-refractivity contribution in [2.75, 3.05) is 6.54 Å². The summed E-state index contributed by atoms with van der Waals surface area (Å²) in [5.74, 6) is -3.71. The van der Waals surface area contributed by atoms with Crippen LogP contribution in [-0.4, -0.2) is 34.6 Å². The van der Waals surface area contributed by atoms with Crippen LogP contribution in [0.3, 0.4) is 0 Å². The minimum absolute atomic E-state index is 0.0127. The Balaban J connectivity index is 2.31. The highest BCUT2D eigenvalue weighted by atomic mass is 19.4. The van der Waals surface area contributed by atoms with E-state index in [-0.39, 0.29) is 19.4 Å². The fraction of sp³-hybridized carbons (Fsp3) is 0.429. The summed E-state index contributed by atoms with van der Waals surface area (Å²) in [6, 6.07) is 7.34. The van der Waals surface area contributed by atoms with Crippen LogP contribution in [0.15, 0.2) is 30.3 Å². The first-order chi connectivity index (χ1) is 9.80. The van der Waals surface area contributed by atoms with Crippen molar-refractivity contribution >= 4 is 11.9 Å². The molecule has 1 saturated heterocycles. The zero-order valence-electron chi connectivity index (χ0n) is 11.0. The Morgan fingerprint density at radius 1 is 1.19 bits per heavy atom. The molecule has 0 spiro atoms. The van der Waals surface area contributed by atoms with Crippen molar-refractivity contribution in [2.24, 2.45) is 5.92 Å². The van der Waals surface area contributed by atoms with Gasteiger partial charge in [0.1, 0.15) is 0 Å². The average Bonchev–Trinajstić information content (AvgIpc) is 2.45. The Bertz CT molecular complexity index is 530. The maximum atomic E-state index is 12.7. The topological polar surface area (TPSA) is 57.6 Å². The standard InChI is InChI=1S/C14H14F3NO3/c15-14(16,17)13(21)18-7-6-10(12(19)20)8-11(18)9-4-2-1-3-5-9/h1-5,10-11H,6-8H2,(H,19,20)/t10-,11+/m1/s1. The molecule has 1 N–H and O–H groups in total. The molecule has 0 bridgehead atoms. The molecule has 1 aromatic rings. The number of amides is 1. The van der Waals surface area contributed by atoms with Gasteiger partial charge in [0.15, 0.2) is 0 Å². The van der Waals surface area contributed by atoms with Crippen molar-refractivity contribution in [1.29, 1.82) is 0 Å².